The van der Waals surface area contributed by atoms with Crippen molar-refractivity contribution in [3.8, 4) is 5.75 Å². The Kier molecular flexibility index (Phi) is 6.63. The molecule has 1 unspecified atom stereocenters. The number of hydrogen-bond donors (Lipinski definition) is 2. The first-order valence-electron chi connectivity index (χ1n) is 6.00. The van der Waals surface area contributed by atoms with Crippen LogP contribution < -0.4 is 15.8 Å². The highest BCUT2D eigenvalue weighted by Gasteiger charge is 2.14. The van der Waals surface area contributed by atoms with E-state index in [4.69, 9.17) is 10.5 Å². The van der Waals surface area contributed by atoms with Gasteiger partial charge < -0.3 is 20.7 Å². The first-order valence-corrected chi connectivity index (χ1v) is 6.79. The van der Waals surface area contributed by atoms with Crippen LogP contribution in [0.15, 0.2) is 22.7 Å². The third-order valence-corrected chi connectivity index (χ3v) is 3.25. The van der Waals surface area contributed by atoms with E-state index in [1.807, 2.05) is 12.1 Å². The molecular formula is C13H22BrN3O. The van der Waals surface area contributed by atoms with Crippen molar-refractivity contribution in [3.63, 3.8) is 0 Å². The number of ether oxygens (including phenoxy) is 1. The van der Waals surface area contributed by atoms with Crippen molar-refractivity contribution in [1.29, 1.82) is 0 Å². The van der Waals surface area contributed by atoms with Crippen molar-refractivity contribution < 1.29 is 4.74 Å². The average Bonchev–Trinajstić information content (AvgIpc) is 2.34. The largest absolute Gasteiger partial charge is 0.496 e. The summed E-state index contributed by atoms with van der Waals surface area (Å²) in [6, 6.07) is 6.09. The van der Waals surface area contributed by atoms with Gasteiger partial charge in [-0.2, -0.15) is 0 Å². The number of nitrogens with zero attached hydrogens (tertiary/aromatic N) is 1. The zero-order valence-corrected chi connectivity index (χ0v) is 12.8. The van der Waals surface area contributed by atoms with Crippen LogP contribution in [0.5, 0.6) is 5.75 Å². The van der Waals surface area contributed by atoms with Gasteiger partial charge in [0.2, 0.25) is 0 Å². The van der Waals surface area contributed by atoms with E-state index >= 15 is 0 Å². The zero-order valence-electron chi connectivity index (χ0n) is 11.2. The molecule has 1 aromatic rings. The smallest absolute Gasteiger partial charge is 0.123 e. The van der Waals surface area contributed by atoms with Gasteiger partial charge in [-0.25, -0.2) is 0 Å². The molecule has 18 heavy (non-hydrogen) atoms. The molecule has 1 atom stereocenters. The van der Waals surface area contributed by atoms with Crippen LogP contribution >= 0.6 is 15.9 Å². The number of methoxy groups -OCH3 is 1. The van der Waals surface area contributed by atoms with E-state index in [2.05, 4.69) is 46.3 Å². The molecule has 1 aromatic carbocycles. The monoisotopic (exact) mass is 315 g/mol. The number of nitrogens with two attached hydrogens (primary N) is 1. The fourth-order valence-corrected chi connectivity index (χ4v) is 2.14. The number of likely N-dealkylation sites (N-methyl/N-ethyl adjacent to an activating group) is 1. The van der Waals surface area contributed by atoms with Crippen LogP contribution in [0.1, 0.15) is 11.6 Å². The molecular weight excluding hydrogens is 294 g/mol. The van der Waals surface area contributed by atoms with E-state index in [-0.39, 0.29) is 6.04 Å². The van der Waals surface area contributed by atoms with Gasteiger partial charge in [-0.15, -0.1) is 0 Å². The van der Waals surface area contributed by atoms with Gasteiger partial charge in [0.1, 0.15) is 5.75 Å². The summed E-state index contributed by atoms with van der Waals surface area (Å²) >= 11 is 3.48. The lowest BCUT2D eigenvalue weighted by Crippen LogP contribution is -2.33. The quantitative estimate of drug-likeness (QED) is 0.802. The van der Waals surface area contributed by atoms with Crippen LogP contribution in [0, 0.1) is 0 Å². The number of nitrogens with one attached hydrogen (secondary N) is 1. The lowest BCUT2D eigenvalue weighted by Gasteiger charge is -2.21. The maximum Gasteiger partial charge on any atom is 0.123 e. The fourth-order valence-electron chi connectivity index (χ4n) is 1.76. The summed E-state index contributed by atoms with van der Waals surface area (Å²) in [5.74, 6) is 0.867. The van der Waals surface area contributed by atoms with E-state index in [0.717, 1.165) is 28.9 Å². The molecule has 0 fully saturated rings. The SMILES string of the molecule is COc1ccc(Br)cc1C(CN)NCCN(C)C. The predicted molar refractivity (Wildman–Crippen MR) is 79.0 cm³/mol. The molecule has 102 valence electrons. The first-order chi connectivity index (χ1) is 8.58. The van der Waals surface area contributed by atoms with Crippen LogP contribution in [0.3, 0.4) is 0 Å². The van der Waals surface area contributed by atoms with Crippen LogP contribution in [0.4, 0.5) is 0 Å². The molecule has 0 heterocycles. The Balaban J connectivity index is 2.77. The number of hydrogen-bond acceptors (Lipinski definition) is 4. The van der Waals surface area contributed by atoms with Crippen LogP contribution in [-0.2, 0) is 0 Å². The summed E-state index contributed by atoms with van der Waals surface area (Å²) in [7, 11) is 5.79. The van der Waals surface area contributed by atoms with E-state index in [1.165, 1.54) is 0 Å². The Hall–Kier alpha value is -0.620. The minimum absolute atomic E-state index is 0.109. The van der Waals surface area contributed by atoms with Gasteiger partial charge in [-0.05, 0) is 32.3 Å². The van der Waals surface area contributed by atoms with Crippen molar-refractivity contribution in [1.82, 2.24) is 10.2 Å². The van der Waals surface area contributed by atoms with Gasteiger partial charge in [-0.3, -0.25) is 0 Å². The van der Waals surface area contributed by atoms with Gasteiger partial charge in [-0.1, -0.05) is 15.9 Å². The van der Waals surface area contributed by atoms with Crippen molar-refractivity contribution in [2.75, 3.05) is 40.8 Å². The number of rotatable bonds is 7. The Morgan fingerprint density at radius 3 is 2.72 bits per heavy atom. The van der Waals surface area contributed by atoms with Crippen LogP contribution in [0.2, 0.25) is 0 Å². The lowest BCUT2D eigenvalue weighted by atomic mass is 10.1. The van der Waals surface area contributed by atoms with Gasteiger partial charge >= 0.3 is 0 Å². The van der Waals surface area contributed by atoms with E-state index < -0.39 is 0 Å². The summed E-state index contributed by atoms with van der Waals surface area (Å²) in [6.45, 7) is 2.41. The van der Waals surface area contributed by atoms with Crippen LogP contribution in [0.25, 0.3) is 0 Å². The molecule has 1 rings (SSSR count). The summed E-state index contributed by atoms with van der Waals surface area (Å²) < 4.78 is 6.42. The Labute approximate surface area is 118 Å². The molecule has 0 radical (unpaired) electrons. The molecule has 0 saturated carbocycles. The lowest BCUT2D eigenvalue weighted by molar-refractivity contribution is 0.375. The highest BCUT2D eigenvalue weighted by atomic mass is 79.9. The maximum absolute atomic E-state index is 5.85. The summed E-state index contributed by atoms with van der Waals surface area (Å²) in [5.41, 5.74) is 6.94. The molecule has 5 heteroatoms. The second kappa shape index (κ2) is 7.74. The normalized spacial score (nSPS) is 12.8. The van der Waals surface area contributed by atoms with Crippen molar-refractivity contribution in [2.24, 2.45) is 5.73 Å². The van der Waals surface area contributed by atoms with Gasteiger partial charge in [0.15, 0.2) is 0 Å². The summed E-state index contributed by atoms with van der Waals surface area (Å²) in [6.07, 6.45) is 0. The van der Waals surface area contributed by atoms with Crippen molar-refractivity contribution >= 4 is 15.9 Å². The minimum atomic E-state index is 0.109. The summed E-state index contributed by atoms with van der Waals surface area (Å²) in [4.78, 5) is 2.14. The summed E-state index contributed by atoms with van der Waals surface area (Å²) in [5, 5.41) is 3.45. The molecule has 0 aromatic heterocycles. The van der Waals surface area contributed by atoms with Gasteiger partial charge in [0.05, 0.1) is 7.11 Å². The van der Waals surface area contributed by atoms with Gasteiger partial charge in [0.25, 0.3) is 0 Å². The maximum atomic E-state index is 5.85. The third kappa shape index (κ3) is 4.57. The zero-order chi connectivity index (χ0) is 13.5. The molecule has 3 N–H and O–H groups in total. The Bertz CT molecular complexity index is 371. The fraction of sp³-hybridized carbons (Fsp3) is 0.538. The second-order valence-electron chi connectivity index (χ2n) is 4.43. The predicted octanol–water partition coefficient (Wildman–Crippen LogP) is 1.61. The van der Waals surface area contributed by atoms with Gasteiger partial charge in [0, 0.05) is 35.7 Å². The molecule has 0 amide bonds. The average molecular weight is 316 g/mol. The topological polar surface area (TPSA) is 50.5 Å². The molecule has 4 nitrogen and oxygen atoms in total. The second-order valence-corrected chi connectivity index (χ2v) is 5.35. The molecule has 0 aliphatic rings. The molecule has 0 saturated heterocycles. The van der Waals surface area contributed by atoms with Crippen molar-refractivity contribution in [3.05, 3.63) is 28.2 Å². The Morgan fingerprint density at radius 1 is 1.44 bits per heavy atom. The Morgan fingerprint density at radius 2 is 2.17 bits per heavy atom. The molecule has 0 bridgehead atoms. The molecule has 0 spiro atoms. The highest BCUT2D eigenvalue weighted by molar-refractivity contribution is 9.10. The minimum Gasteiger partial charge on any atom is -0.496 e. The number of benzene rings is 1. The first kappa shape index (κ1) is 15.4. The van der Waals surface area contributed by atoms with Crippen LogP contribution in [-0.4, -0.2) is 45.7 Å². The third-order valence-electron chi connectivity index (χ3n) is 2.75. The number of halogens is 1. The molecule has 0 aliphatic heterocycles. The highest BCUT2D eigenvalue weighted by Crippen LogP contribution is 2.27. The molecule has 0 aliphatic carbocycles. The van der Waals surface area contributed by atoms with E-state index in [0.29, 0.717) is 6.54 Å². The van der Waals surface area contributed by atoms with Crippen molar-refractivity contribution in [2.45, 2.75) is 6.04 Å². The van der Waals surface area contributed by atoms with E-state index in [1.54, 1.807) is 7.11 Å². The van der Waals surface area contributed by atoms with E-state index in [9.17, 15) is 0 Å². The standard InChI is InChI=1S/C13H22BrN3O/c1-17(2)7-6-16-12(9-15)11-8-10(14)4-5-13(11)18-3/h4-5,8,12,16H,6-7,9,15H2,1-3H3.